The average Bonchev–Trinajstić information content (AvgIpc) is 2.84. The first-order valence-electron chi connectivity index (χ1n) is 5.70. The monoisotopic (exact) mass is 293 g/mol. The number of likely N-dealkylation sites (N-methyl/N-ethyl adjacent to an activating group) is 1. The molecule has 2 rings (SSSR count). The summed E-state index contributed by atoms with van der Waals surface area (Å²) in [5, 5.41) is 3.35. The first-order chi connectivity index (χ1) is 8.28. The third kappa shape index (κ3) is 3.72. The smallest absolute Gasteiger partial charge is 0.0935 e. The van der Waals surface area contributed by atoms with Gasteiger partial charge in [0.15, 0.2) is 0 Å². The van der Waals surface area contributed by atoms with Gasteiger partial charge in [-0.1, -0.05) is 28.1 Å². The molecule has 0 aliphatic carbocycles. The number of furan rings is 1. The maximum absolute atomic E-state index is 5.09. The lowest BCUT2D eigenvalue weighted by atomic mass is 10.0. The molecule has 1 unspecified atom stereocenters. The Morgan fingerprint density at radius 2 is 1.82 bits per heavy atom. The van der Waals surface area contributed by atoms with Gasteiger partial charge in [0, 0.05) is 10.5 Å². The molecule has 0 amide bonds. The topological polar surface area (TPSA) is 25.2 Å². The Kier molecular flexibility index (Phi) is 4.40. The van der Waals surface area contributed by atoms with E-state index in [1.807, 2.05) is 19.4 Å². The van der Waals surface area contributed by atoms with E-state index in [1.54, 1.807) is 6.26 Å². The predicted octanol–water partition coefficient (Wildman–Crippen LogP) is 3.42. The Morgan fingerprint density at radius 3 is 2.41 bits per heavy atom. The molecule has 0 aliphatic rings. The lowest BCUT2D eigenvalue weighted by Crippen LogP contribution is -2.29. The molecule has 90 valence electrons. The second-order valence-electron chi connectivity index (χ2n) is 4.15. The molecule has 0 aliphatic heterocycles. The van der Waals surface area contributed by atoms with Crippen molar-refractivity contribution in [2.45, 2.75) is 18.9 Å². The minimum atomic E-state index is 0.439. The van der Waals surface area contributed by atoms with E-state index in [2.05, 4.69) is 45.5 Å². The maximum atomic E-state index is 5.09. The third-order valence-corrected chi connectivity index (χ3v) is 3.39. The van der Waals surface area contributed by atoms with Crippen molar-refractivity contribution < 1.29 is 4.42 Å². The molecule has 0 saturated heterocycles. The molecular formula is C14H16BrNO. The molecule has 2 aromatic rings. The highest BCUT2D eigenvalue weighted by molar-refractivity contribution is 9.10. The minimum absolute atomic E-state index is 0.439. The van der Waals surface area contributed by atoms with Crippen LogP contribution in [0.15, 0.2) is 51.7 Å². The first kappa shape index (κ1) is 12.4. The van der Waals surface area contributed by atoms with Gasteiger partial charge in [0.05, 0.1) is 12.5 Å². The Hall–Kier alpha value is -1.06. The van der Waals surface area contributed by atoms with Crippen LogP contribution in [0.5, 0.6) is 0 Å². The van der Waals surface area contributed by atoms with Crippen molar-refractivity contribution in [3.05, 3.63) is 58.5 Å². The summed E-state index contributed by atoms with van der Waals surface area (Å²) in [5.41, 5.74) is 2.58. The standard InChI is InChI=1S/C14H16BrNO/c1-16-14(9-12-6-7-17-10-12)8-11-2-4-13(15)5-3-11/h2-7,10,14,16H,8-9H2,1H3. The minimum Gasteiger partial charge on any atom is -0.472 e. The van der Waals surface area contributed by atoms with Crippen LogP contribution in [0.4, 0.5) is 0 Å². The van der Waals surface area contributed by atoms with Crippen LogP contribution < -0.4 is 5.32 Å². The van der Waals surface area contributed by atoms with Gasteiger partial charge in [0.2, 0.25) is 0 Å². The Bertz CT molecular complexity index is 436. The Balaban J connectivity index is 1.97. The summed E-state index contributed by atoms with van der Waals surface area (Å²) >= 11 is 3.45. The van der Waals surface area contributed by atoms with Crippen LogP contribution in [-0.2, 0) is 12.8 Å². The van der Waals surface area contributed by atoms with Crippen molar-refractivity contribution in [2.75, 3.05) is 7.05 Å². The molecule has 0 fully saturated rings. The van der Waals surface area contributed by atoms with Crippen LogP contribution in [0.1, 0.15) is 11.1 Å². The molecule has 1 aromatic carbocycles. The summed E-state index contributed by atoms with van der Waals surface area (Å²) in [4.78, 5) is 0. The van der Waals surface area contributed by atoms with E-state index < -0.39 is 0 Å². The zero-order valence-corrected chi connectivity index (χ0v) is 11.4. The third-order valence-electron chi connectivity index (χ3n) is 2.87. The zero-order valence-electron chi connectivity index (χ0n) is 9.82. The largest absolute Gasteiger partial charge is 0.472 e. The molecule has 2 nitrogen and oxygen atoms in total. The molecule has 17 heavy (non-hydrogen) atoms. The second-order valence-corrected chi connectivity index (χ2v) is 5.07. The van der Waals surface area contributed by atoms with Crippen molar-refractivity contribution in [3.8, 4) is 0 Å². The normalized spacial score (nSPS) is 12.6. The van der Waals surface area contributed by atoms with Gasteiger partial charge in [-0.05, 0) is 49.2 Å². The number of benzene rings is 1. The lowest BCUT2D eigenvalue weighted by molar-refractivity contribution is 0.538. The van der Waals surface area contributed by atoms with Gasteiger partial charge in [-0.15, -0.1) is 0 Å². The van der Waals surface area contributed by atoms with E-state index in [1.165, 1.54) is 11.1 Å². The fourth-order valence-electron chi connectivity index (χ4n) is 1.87. The van der Waals surface area contributed by atoms with Crippen LogP contribution >= 0.6 is 15.9 Å². The molecule has 0 radical (unpaired) electrons. The zero-order chi connectivity index (χ0) is 12.1. The van der Waals surface area contributed by atoms with Crippen LogP contribution in [-0.4, -0.2) is 13.1 Å². The summed E-state index contributed by atoms with van der Waals surface area (Å²) < 4.78 is 6.21. The van der Waals surface area contributed by atoms with E-state index >= 15 is 0 Å². The van der Waals surface area contributed by atoms with Gasteiger partial charge in [-0.2, -0.15) is 0 Å². The summed E-state index contributed by atoms with van der Waals surface area (Å²) in [7, 11) is 2.00. The quantitative estimate of drug-likeness (QED) is 0.914. The first-order valence-corrected chi connectivity index (χ1v) is 6.50. The van der Waals surface area contributed by atoms with E-state index in [4.69, 9.17) is 4.42 Å². The molecule has 1 atom stereocenters. The van der Waals surface area contributed by atoms with E-state index in [9.17, 15) is 0 Å². The summed E-state index contributed by atoms with van der Waals surface area (Å²) in [6.07, 6.45) is 5.55. The van der Waals surface area contributed by atoms with Gasteiger partial charge in [-0.3, -0.25) is 0 Å². The highest BCUT2D eigenvalue weighted by Crippen LogP contribution is 2.13. The lowest BCUT2D eigenvalue weighted by Gasteiger charge is -2.15. The van der Waals surface area contributed by atoms with Gasteiger partial charge < -0.3 is 9.73 Å². The highest BCUT2D eigenvalue weighted by atomic mass is 79.9. The molecule has 1 N–H and O–H groups in total. The Morgan fingerprint density at radius 1 is 1.12 bits per heavy atom. The molecule has 1 heterocycles. The number of hydrogen-bond acceptors (Lipinski definition) is 2. The average molecular weight is 294 g/mol. The number of nitrogens with one attached hydrogen (secondary N) is 1. The molecule has 0 saturated carbocycles. The van der Waals surface area contributed by atoms with Crippen molar-refractivity contribution in [1.82, 2.24) is 5.32 Å². The SMILES string of the molecule is CNC(Cc1ccc(Br)cc1)Cc1ccoc1. The van der Waals surface area contributed by atoms with Gasteiger partial charge >= 0.3 is 0 Å². The molecule has 3 heteroatoms. The summed E-state index contributed by atoms with van der Waals surface area (Å²) in [6.45, 7) is 0. The number of halogens is 1. The van der Waals surface area contributed by atoms with Crippen molar-refractivity contribution in [3.63, 3.8) is 0 Å². The number of rotatable bonds is 5. The number of hydrogen-bond donors (Lipinski definition) is 1. The highest BCUT2D eigenvalue weighted by Gasteiger charge is 2.09. The van der Waals surface area contributed by atoms with Crippen LogP contribution in [0.3, 0.4) is 0 Å². The van der Waals surface area contributed by atoms with Gasteiger partial charge in [0.1, 0.15) is 0 Å². The summed E-state index contributed by atoms with van der Waals surface area (Å²) in [6, 6.07) is 10.9. The van der Waals surface area contributed by atoms with Crippen LogP contribution in [0.25, 0.3) is 0 Å². The van der Waals surface area contributed by atoms with E-state index in [0.717, 1.165) is 17.3 Å². The molecule has 0 spiro atoms. The summed E-state index contributed by atoms with van der Waals surface area (Å²) in [5.74, 6) is 0. The predicted molar refractivity (Wildman–Crippen MR) is 73.1 cm³/mol. The fourth-order valence-corrected chi connectivity index (χ4v) is 2.14. The van der Waals surface area contributed by atoms with Gasteiger partial charge in [0.25, 0.3) is 0 Å². The second kappa shape index (κ2) is 6.03. The fraction of sp³-hybridized carbons (Fsp3) is 0.286. The van der Waals surface area contributed by atoms with E-state index in [0.29, 0.717) is 6.04 Å². The van der Waals surface area contributed by atoms with Crippen molar-refractivity contribution in [1.29, 1.82) is 0 Å². The molecule has 1 aromatic heterocycles. The van der Waals surface area contributed by atoms with Crippen molar-refractivity contribution in [2.24, 2.45) is 0 Å². The van der Waals surface area contributed by atoms with Crippen LogP contribution in [0, 0.1) is 0 Å². The maximum Gasteiger partial charge on any atom is 0.0935 e. The van der Waals surface area contributed by atoms with Crippen LogP contribution in [0.2, 0.25) is 0 Å². The van der Waals surface area contributed by atoms with E-state index in [-0.39, 0.29) is 0 Å². The van der Waals surface area contributed by atoms with Crippen molar-refractivity contribution >= 4 is 15.9 Å². The van der Waals surface area contributed by atoms with Gasteiger partial charge in [-0.25, -0.2) is 0 Å². The molecular weight excluding hydrogens is 278 g/mol. The molecule has 0 bridgehead atoms. The Labute approximate surface area is 110 Å².